The summed E-state index contributed by atoms with van der Waals surface area (Å²) in [7, 11) is -0.132. The molecule has 1 saturated heterocycles. The highest BCUT2D eigenvalue weighted by Gasteiger charge is 2.25. The molecule has 1 rings (SSSR count). The predicted molar refractivity (Wildman–Crippen MR) is 29.5 cm³/mol. The van der Waals surface area contributed by atoms with E-state index >= 15 is 0 Å². The standard InChI is InChI=1S/C4H9BO3/c1-5-7-3-4(2-6)8-5/h4,6H,2-3H2,1H3. The van der Waals surface area contributed by atoms with Crippen molar-refractivity contribution in [1.29, 1.82) is 0 Å². The fourth-order valence-corrected chi connectivity index (χ4v) is 0.688. The number of rotatable bonds is 1. The van der Waals surface area contributed by atoms with Crippen molar-refractivity contribution in [2.24, 2.45) is 0 Å². The fraction of sp³-hybridized carbons (Fsp3) is 1.00. The third kappa shape index (κ3) is 1.21. The Morgan fingerprint density at radius 2 is 2.62 bits per heavy atom. The van der Waals surface area contributed by atoms with E-state index < -0.39 is 0 Å². The summed E-state index contributed by atoms with van der Waals surface area (Å²) in [4.78, 5) is 0. The zero-order valence-corrected chi connectivity index (χ0v) is 4.83. The SMILES string of the molecule is CB1OCC(CO)O1. The Hall–Kier alpha value is -0.0551. The minimum Gasteiger partial charge on any atom is -0.409 e. The van der Waals surface area contributed by atoms with Crippen LogP contribution in [0.5, 0.6) is 0 Å². The van der Waals surface area contributed by atoms with Gasteiger partial charge in [0.25, 0.3) is 0 Å². The first-order chi connectivity index (χ1) is 3.83. The van der Waals surface area contributed by atoms with Crippen molar-refractivity contribution in [2.75, 3.05) is 13.2 Å². The molecule has 0 spiro atoms. The van der Waals surface area contributed by atoms with E-state index in [0.717, 1.165) is 0 Å². The van der Waals surface area contributed by atoms with E-state index in [2.05, 4.69) is 0 Å². The highest BCUT2D eigenvalue weighted by molar-refractivity contribution is 6.43. The average molecular weight is 116 g/mol. The van der Waals surface area contributed by atoms with Crippen molar-refractivity contribution >= 4 is 7.12 Å². The first-order valence-electron chi connectivity index (χ1n) is 2.71. The Morgan fingerprint density at radius 3 is 2.88 bits per heavy atom. The van der Waals surface area contributed by atoms with Gasteiger partial charge in [-0.2, -0.15) is 0 Å². The van der Waals surface area contributed by atoms with E-state index in [9.17, 15) is 0 Å². The number of aliphatic hydroxyl groups is 1. The zero-order chi connectivity index (χ0) is 5.98. The van der Waals surface area contributed by atoms with Crippen molar-refractivity contribution in [1.82, 2.24) is 0 Å². The second-order valence-corrected chi connectivity index (χ2v) is 1.84. The van der Waals surface area contributed by atoms with Crippen LogP contribution < -0.4 is 0 Å². The lowest BCUT2D eigenvalue weighted by Gasteiger charge is -2.00. The number of hydrogen-bond donors (Lipinski definition) is 1. The molecule has 0 aromatic carbocycles. The van der Waals surface area contributed by atoms with Gasteiger partial charge in [0, 0.05) is 0 Å². The summed E-state index contributed by atoms with van der Waals surface area (Å²) >= 11 is 0. The quantitative estimate of drug-likeness (QED) is 0.470. The molecule has 0 saturated carbocycles. The van der Waals surface area contributed by atoms with Crippen LogP contribution in [0.4, 0.5) is 0 Å². The Labute approximate surface area is 48.7 Å². The van der Waals surface area contributed by atoms with Gasteiger partial charge < -0.3 is 14.4 Å². The van der Waals surface area contributed by atoms with Crippen LogP contribution in [0.15, 0.2) is 0 Å². The van der Waals surface area contributed by atoms with Crippen LogP contribution in [0, 0.1) is 0 Å². The van der Waals surface area contributed by atoms with Crippen LogP contribution in [0.1, 0.15) is 0 Å². The summed E-state index contributed by atoms with van der Waals surface area (Å²) < 4.78 is 10.0. The van der Waals surface area contributed by atoms with Gasteiger partial charge in [0.05, 0.1) is 19.3 Å². The normalized spacial score (nSPS) is 29.2. The second-order valence-electron chi connectivity index (χ2n) is 1.84. The van der Waals surface area contributed by atoms with Crippen LogP contribution in [0.2, 0.25) is 6.82 Å². The first kappa shape index (κ1) is 6.07. The van der Waals surface area contributed by atoms with E-state index in [1.165, 1.54) is 0 Å². The van der Waals surface area contributed by atoms with Crippen molar-refractivity contribution in [2.45, 2.75) is 12.9 Å². The third-order valence-corrected chi connectivity index (χ3v) is 1.10. The molecule has 8 heavy (non-hydrogen) atoms. The highest BCUT2D eigenvalue weighted by Crippen LogP contribution is 2.05. The lowest BCUT2D eigenvalue weighted by Crippen LogP contribution is -2.16. The molecular formula is C4H9BO3. The molecule has 1 unspecified atom stereocenters. The topological polar surface area (TPSA) is 38.7 Å². The number of hydrogen-bond acceptors (Lipinski definition) is 3. The third-order valence-electron chi connectivity index (χ3n) is 1.10. The van der Waals surface area contributed by atoms with Gasteiger partial charge in [-0.15, -0.1) is 0 Å². The fourth-order valence-electron chi connectivity index (χ4n) is 0.688. The van der Waals surface area contributed by atoms with Crippen LogP contribution in [-0.2, 0) is 9.31 Å². The Morgan fingerprint density at radius 1 is 1.88 bits per heavy atom. The van der Waals surface area contributed by atoms with Crippen molar-refractivity contribution in [3.63, 3.8) is 0 Å². The van der Waals surface area contributed by atoms with Gasteiger partial charge in [-0.3, -0.25) is 0 Å². The molecule has 0 aromatic heterocycles. The molecule has 0 amide bonds. The minimum absolute atomic E-state index is 0.0599. The lowest BCUT2D eigenvalue weighted by atomic mass is 9.97. The number of aliphatic hydroxyl groups excluding tert-OH is 1. The van der Waals surface area contributed by atoms with Gasteiger partial charge in [0.1, 0.15) is 0 Å². The van der Waals surface area contributed by atoms with Crippen LogP contribution in [0.3, 0.4) is 0 Å². The van der Waals surface area contributed by atoms with Crippen LogP contribution in [0.25, 0.3) is 0 Å². The second kappa shape index (κ2) is 2.48. The first-order valence-corrected chi connectivity index (χ1v) is 2.71. The molecule has 0 radical (unpaired) electrons. The van der Waals surface area contributed by atoms with Gasteiger partial charge in [-0.25, -0.2) is 0 Å². The predicted octanol–water partition coefficient (Wildman–Crippen LogP) is -0.488. The molecule has 4 heteroatoms. The van der Waals surface area contributed by atoms with Crippen LogP contribution in [-0.4, -0.2) is 31.5 Å². The molecular weight excluding hydrogens is 107 g/mol. The van der Waals surface area contributed by atoms with Gasteiger partial charge in [-0.05, 0) is 6.82 Å². The molecule has 1 aliphatic heterocycles. The molecule has 1 N–H and O–H groups in total. The highest BCUT2D eigenvalue weighted by atomic mass is 16.6. The molecule has 1 fully saturated rings. The van der Waals surface area contributed by atoms with Crippen molar-refractivity contribution < 1.29 is 14.4 Å². The van der Waals surface area contributed by atoms with E-state index in [1.54, 1.807) is 0 Å². The molecule has 0 bridgehead atoms. The van der Waals surface area contributed by atoms with Gasteiger partial charge in [0.15, 0.2) is 0 Å². The summed E-state index contributed by atoms with van der Waals surface area (Å²) in [5.74, 6) is 0. The molecule has 3 nitrogen and oxygen atoms in total. The molecule has 1 heterocycles. The van der Waals surface area contributed by atoms with Crippen molar-refractivity contribution in [3.8, 4) is 0 Å². The minimum atomic E-state index is -0.132. The largest absolute Gasteiger partial charge is 0.453 e. The lowest BCUT2D eigenvalue weighted by molar-refractivity contribution is 0.133. The summed E-state index contributed by atoms with van der Waals surface area (Å²) in [6, 6.07) is 0. The van der Waals surface area contributed by atoms with Gasteiger partial charge >= 0.3 is 7.12 Å². The summed E-state index contributed by atoms with van der Waals surface area (Å²) in [5.41, 5.74) is 0. The average Bonchev–Trinajstić information content (AvgIpc) is 2.14. The maximum absolute atomic E-state index is 8.48. The molecule has 0 aliphatic carbocycles. The Balaban J connectivity index is 2.22. The monoisotopic (exact) mass is 116 g/mol. The molecule has 0 aromatic rings. The summed E-state index contributed by atoms with van der Waals surface area (Å²) in [6.07, 6.45) is -0.0926. The zero-order valence-electron chi connectivity index (χ0n) is 4.83. The summed E-state index contributed by atoms with van der Waals surface area (Å²) in [5, 5.41) is 8.48. The van der Waals surface area contributed by atoms with E-state index in [4.69, 9.17) is 14.4 Å². The van der Waals surface area contributed by atoms with E-state index in [1.807, 2.05) is 6.82 Å². The maximum Gasteiger partial charge on any atom is 0.453 e. The smallest absolute Gasteiger partial charge is 0.409 e. The molecule has 1 aliphatic rings. The Bertz CT molecular complexity index is 77.7. The van der Waals surface area contributed by atoms with Crippen LogP contribution >= 0.6 is 0 Å². The maximum atomic E-state index is 8.48. The molecule has 46 valence electrons. The summed E-state index contributed by atoms with van der Waals surface area (Å²) in [6.45, 7) is 2.40. The van der Waals surface area contributed by atoms with E-state index in [0.29, 0.717) is 6.61 Å². The van der Waals surface area contributed by atoms with Crippen molar-refractivity contribution in [3.05, 3.63) is 0 Å². The van der Waals surface area contributed by atoms with E-state index in [-0.39, 0.29) is 19.8 Å². The van der Waals surface area contributed by atoms with Gasteiger partial charge in [-0.1, -0.05) is 0 Å². The molecule has 1 atom stereocenters. The van der Waals surface area contributed by atoms with Gasteiger partial charge in [0.2, 0.25) is 0 Å². The Kier molecular flexibility index (Phi) is 1.88.